The minimum absolute atomic E-state index is 0. The normalized spacial score (nSPS) is 14.0. The third-order valence-electron chi connectivity index (χ3n) is 5.22. The molecule has 0 radical (unpaired) electrons. The van der Waals surface area contributed by atoms with Gasteiger partial charge < -0.3 is 36.4 Å². The number of rotatable bonds is 8. The zero-order chi connectivity index (χ0) is 20.8. The summed E-state index contributed by atoms with van der Waals surface area (Å²) in [7, 11) is 4.60. The first-order chi connectivity index (χ1) is 14.1. The van der Waals surface area contributed by atoms with Gasteiger partial charge >= 0.3 is 0 Å². The SMILES string of the molecule is COc1cc(C(=O)N2CC[NH+](CCC(=O)c3ccsc3)CC2)cc(OC)c1OC.[Cl-]. The highest BCUT2D eigenvalue weighted by atomic mass is 35.5. The van der Waals surface area contributed by atoms with Crippen molar-refractivity contribution >= 4 is 23.0 Å². The highest BCUT2D eigenvalue weighted by Gasteiger charge is 2.26. The molecule has 9 heteroatoms. The number of hydrogen-bond acceptors (Lipinski definition) is 6. The van der Waals surface area contributed by atoms with Crippen molar-refractivity contribution in [2.75, 3.05) is 54.1 Å². The fourth-order valence-corrected chi connectivity index (χ4v) is 4.18. The molecule has 1 aromatic heterocycles. The monoisotopic (exact) mass is 454 g/mol. The van der Waals surface area contributed by atoms with Gasteiger partial charge in [0.25, 0.3) is 5.91 Å². The Morgan fingerprint density at radius 1 is 1.03 bits per heavy atom. The molecule has 164 valence electrons. The summed E-state index contributed by atoms with van der Waals surface area (Å²) >= 11 is 1.54. The van der Waals surface area contributed by atoms with Crippen molar-refractivity contribution in [3.8, 4) is 17.2 Å². The fourth-order valence-electron chi connectivity index (χ4n) is 3.52. The Kier molecular flexibility index (Phi) is 8.95. The van der Waals surface area contributed by atoms with Crippen LogP contribution in [0, 0.1) is 0 Å². The van der Waals surface area contributed by atoms with Crippen LogP contribution in [-0.2, 0) is 0 Å². The minimum Gasteiger partial charge on any atom is -1.00 e. The Bertz CT molecular complexity index is 826. The quantitative estimate of drug-likeness (QED) is 0.486. The van der Waals surface area contributed by atoms with Crippen LogP contribution in [0.4, 0.5) is 0 Å². The number of halogens is 1. The van der Waals surface area contributed by atoms with E-state index in [0.29, 0.717) is 42.3 Å². The average Bonchev–Trinajstić information content (AvgIpc) is 3.31. The van der Waals surface area contributed by atoms with Gasteiger partial charge in [0.15, 0.2) is 17.3 Å². The molecular weight excluding hydrogens is 428 g/mol. The van der Waals surface area contributed by atoms with Crippen LogP contribution in [0.25, 0.3) is 0 Å². The molecule has 0 aliphatic carbocycles. The molecule has 1 aromatic carbocycles. The van der Waals surface area contributed by atoms with Gasteiger partial charge in [-0.3, -0.25) is 9.59 Å². The maximum absolute atomic E-state index is 13.0. The second-order valence-electron chi connectivity index (χ2n) is 6.89. The number of nitrogens with one attached hydrogen (secondary N) is 1. The Balaban J connectivity index is 0.00000320. The van der Waals surface area contributed by atoms with Crippen LogP contribution < -0.4 is 31.5 Å². The molecule has 2 aromatic rings. The Labute approximate surface area is 186 Å². The van der Waals surface area contributed by atoms with Crippen molar-refractivity contribution in [3.63, 3.8) is 0 Å². The van der Waals surface area contributed by atoms with E-state index in [2.05, 4.69) is 0 Å². The van der Waals surface area contributed by atoms with E-state index in [1.54, 1.807) is 23.5 Å². The van der Waals surface area contributed by atoms with Crippen molar-refractivity contribution in [1.82, 2.24) is 4.90 Å². The first kappa shape index (κ1) is 24.0. The molecule has 1 aliphatic heterocycles. The van der Waals surface area contributed by atoms with Gasteiger partial charge in [0.2, 0.25) is 5.75 Å². The van der Waals surface area contributed by atoms with Crippen molar-refractivity contribution < 1.29 is 41.1 Å². The molecule has 1 amide bonds. The molecule has 0 atom stereocenters. The second-order valence-corrected chi connectivity index (χ2v) is 7.67. The average molecular weight is 455 g/mol. The summed E-state index contributed by atoms with van der Waals surface area (Å²) in [4.78, 5) is 28.3. The zero-order valence-electron chi connectivity index (χ0n) is 17.4. The molecule has 1 saturated heterocycles. The summed E-state index contributed by atoms with van der Waals surface area (Å²) in [6, 6.07) is 5.24. The minimum atomic E-state index is -0.0577. The van der Waals surface area contributed by atoms with E-state index in [1.807, 2.05) is 21.7 Å². The smallest absolute Gasteiger partial charge is 0.254 e. The molecule has 0 unspecified atom stereocenters. The number of Topliss-reactive ketones (excluding diaryl/α,β-unsaturated/α-hetero) is 1. The first-order valence-corrected chi connectivity index (χ1v) is 10.5. The number of nitrogens with zero attached hydrogens (tertiary/aromatic N) is 1. The number of carbonyl (C=O) groups excluding carboxylic acids is 2. The number of amides is 1. The summed E-state index contributed by atoms with van der Waals surface area (Å²) in [5, 5.41) is 3.82. The topological polar surface area (TPSA) is 69.5 Å². The van der Waals surface area contributed by atoms with Crippen LogP contribution in [0.5, 0.6) is 17.2 Å². The van der Waals surface area contributed by atoms with Gasteiger partial charge in [-0.25, -0.2) is 0 Å². The van der Waals surface area contributed by atoms with Gasteiger partial charge in [-0.15, -0.1) is 0 Å². The van der Waals surface area contributed by atoms with Crippen LogP contribution in [0.3, 0.4) is 0 Å². The first-order valence-electron chi connectivity index (χ1n) is 9.55. The van der Waals surface area contributed by atoms with Crippen LogP contribution in [-0.4, -0.2) is 70.6 Å². The summed E-state index contributed by atoms with van der Waals surface area (Å²) in [6.45, 7) is 3.75. The molecule has 0 bridgehead atoms. The Hall–Kier alpha value is -2.29. The molecule has 3 rings (SSSR count). The van der Waals surface area contributed by atoms with Gasteiger partial charge in [0.05, 0.1) is 60.5 Å². The lowest BCUT2D eigenvalue weighted by Gasteiger charge is -2.32. The number of carbonyl (C=O) groups is 2. The molecule has 1 aliphatic rings. The van der Waals surface area contributed by atoms with Gasteiger partial charge in [-0.1, -0.05) is 0 Å². The molecule has 2 heterocycles. The molecular formula is C21H27ClN2O5S. The van der Waals surface area contributed by atoms with Crippen LogP contribution in [0.2, 0.25) is 0 Å². The third-order valence-corrected chi connectivity index (χ3v) is 5.90. The number of hydrogen-bond donors (Lipinski definition) is 1. The van der Waals surface area contributed by atoms with Crippen molar-refractivity contribution in [2.24, 2.45) is 0 Å². The molecule has 1 fully saturated rings. The van der Waals surface area contributed by atoms with E-state index in [9.17, 15) is 9.59 Å². The predicted octanol–water partition coefficient (Wildman–Crippen LogP) is -1.61. The molecule has 30 heavy (non-hydrogen) atoms. The molecule has 7 nitrogen and oxygen atoms in total. The van der Waals surface area contributed by atoms with Crippen LogP contribution >= 0.6 is 11.3 Å². The van der Waals surface area contributed by atoms with E-state index >= 15 is 0 Å². The van der Waals surface area contributed by atoms with Crippen molar-refractivity contribution in [1.29, 1.82) is 0 Å². The highest BCUT2D eigenvalue weighted by Crippen LogP contribution is 2.38. The standard InChI is InChI=1S/C21H26N2O5S.ClH/c1-26-18-12-16(13-19(27-2)20(18)28-3)21(25)23-9-7-22(8-10-23)6-4-17(24)15-5-11-29-14-15;/h5,11-14H,4,6-10H2,1-3H3;1H. The number of piperazine rings is 1. The number of thiophene rings is 1. The summed E-state index contributed by atoms with van der Waals surface area (Å²) in [5.41, 5.74) is 1.31. The maximum atomic E-state index is 13.0. The van der Waals surface area contributed by atoms with Crippen LogP contribution in [0.15, 0.2) is 29.0 Å². The lowest BCUT2D eigenvalue weighted by molar-refractivity contribution is -0.903. The third kappa shape index (κ3) is 5.44. The van der Waals surface area contributed by atoms with Gasteiger partial charge in [0, 0.05) is 16.5 Å². The summed E-state index contributed by atoms with van der Waals surface area (Å²) in [5.74, 6) is 1.53. The number of ether oxygens (including phenoxy) is 3. The summed E-state index contributed by atoms with van der Waals surface area (Å²) in [6.07, 6.45) is 0.535. The lowest BCUT2D eigenvalue weighted by atomic mass is 10.1. The van der Waals surface area contributed by atoms with E-state index in [0.717, 1.165) is 25.2 Å². The van der Waals surface area contributed by atoms with Gasteiger partial charge in [-0.05, 0) is 23.6 Å². The fraction of sp³-hybridized carbons (Fsp3) is 0.429. The number of benzene rings is 1. The van der Waals surface area contributed by atoms with E-state index in [4.69, 9.17) is 14.2 Å². The number of quaternary nitrogens is 1. The maximum Gasteiger partial charge on any atom is 0.254 e. The zero-order valence-corrected chi connectivity index (χ0v) is 19.0. The van der Waals surface area contributed by atoms with E-state index in [1.165, 1.54) is 26.2 Å². The van der Waals surface area contributed by atoms with Gasteiger partial charge in [-0.2, -0.15) is 11.3 Å². The largest absolute Gasteiger partial charge is 1.00 e. The Morgan fingerprint density at radius 3 is 2.17 bits per heavy atom. The summed E-state index contributed by atoms with van der Waals surface area (Å²) < 4.78 is 16.0. The highest BCUT2D eigenvalue weighted by molar-refractivity contribution is 7.08. The van der Waals surface area contributed by atoms with Crippen molar-refractivity contribution in [2.45, 2.75) is 6.42 Å². The molecule has 1 N–H and O–H groups in total. The molecule has 0 saturated carbocycles. The van der Waals surface area contributed by atoms with Crippen molar-refractivity contribution in [3.05, 3.63) is 40.1 Å². The predicted molar refractivity (Wildman–Crippen MR) is 111 cm³/mol. The van der Waals surface area contributed by atoms with E-state index in [-0.39, 0.29) is 24.1 Å². The number of methoxy groups -OCH3 is 3. The second kappa shape index (κ2) is 11.2. The molecule has 0 spiro atoms. The Morgan fingerprint density at radius 2 is 1.67 bits per heavy atom. The number of ketones is 1. The van der Waals surface area contributed by atoms with Gasteiger partial charge in [0.1, 0.15) is 0 Å². The van der Waals surface area contributed by atoms with E-state index < -0.39 is 0 Å². The lowest BCUT2D eigenvalue weighted by Crippen LogP contribution is -3.14. The van der Waals surface area contributed by atoms with Crippen LogP contribution in [0.1, 0.15) is 27.1 Å².